The summed E-state index contributed by atoms with van der Waals surface area (Å²) in [6.07, 6.45) is 4.96. The van der Waals surface area contributed by atoms with Crippen LogP contribution in [0.15, 0.2) is 85.3 Å². The van der Waals surface area contributed by atoms with Crippen molar-refractivity contribution in [1.29, 1.82) is 5.26 Å². The number of aromatic nitrogens is 3. The van der Waals surface area contributed by atoms with Crippen molar-refractivity contribution in [3.8, 4) is 29.0 Å². The standard InChI is InChI=1S/C38H36N6O5/c1-3-44-24-40-21-31(44)22-41-34-17-29(38(46)47-2)13-14-33(34)42-36(45)19-28-12-11-27-18-35(28)48-15-5-6-26-16-25(20-39)9-10-30(26)23-49-37-8-4-7-32(27)43-37/h4,7-14,16-18,21,24,41H,3,5-6,15,19,22-23H2,1-2H3,(H,42,45). The molecule has 1 aliphatic heterocycles. The number of nitriles is 1. The quantitative estimate of drug-likeness (QED) is 0.184. The summed E-state index contributed by atoms with van der Waals surface area (Å²) >= 11 is 0. The number of hydrogen-bond donors (Lipinski definition) is 2. The average molecular weight is 657 g/mol. The van der Waals surface area contributed by atoms with Crippen LogP contribution in [0.5, 0.6) is 11.6 Å². The van der Waals surface area contributed by atoms with E-state index in [-0.39, 0.29) is 12.3 Å². The molecule has 0 radical (unpaired) electrons. The van der Waals surface area contributed by atoms with Gasteiger partial charge in [0, 0.05) is 29.9 Å². The van der Waals surface area contributed by atoms with Gasteiger partial charge >= 0.3 is 5.97 Å². The van der Waals surface area contributed by atoms with E-state index in [1.54, 1.807) is 36.8 Å². The van der Waals surface area contributed by atoms with Gasteiger partial charge in [-0.25, -0.2) is 14.8 Å². The van der Waals surface area contributed by atoms with Crippen molar-refractivity contribution < 1.29 is 23.8 Å². The number of esters is 1. The lowest BCUT2D eigenvalue weighted by Crippen LogP contribution is -2.17. The summed E-state index contributed by atoms with van der Waals surface area (Å²) in [7, 11) is 1.33. The lowest BCUT2D eigenvalue weighted by molar-refractivity contribution is -0.115. The Morgan fingerprint density at radius 2 is 1.92 bits per heavy atom. The zero-order chi connectivity index (χ0) is 34.2. The summed E-state index contributed by atoms with van der Waals surface area (Å²) in [5.74, 6) is 0.326. The Labute approximate surface area is 284 Å². The third-order valence-corrected chi connectivity index (χ3v) is 8.31. The van der Waals surface area contributed by atoms with E-state index in [0.29, 0.717) is 78.0 Å². The number of hydrogen-bond acceptors (Lipinski definition) is 9. The maximum Gasteiger partial charge on any atom is 0.337 e. The molecule has 0 aliphatic carbocycles. The van der Waals surface area contributed by atoms with Gasteiger partial charge in [0.2, 0.25) is 11.8 Å². The van der Waals surface area contributed by atoms with Crippen LogP contribution in [0, 0.1) is 11.3 Å². The van der Waals surface area contributed by atoms with Crippen molar-refractivity contribution in [1.82, 2.24) is 14.5 Å². The monoisotopic (exact) mass is 656 g/mol. The topological polar surface area (TPSA) is 140 Å². The highest BCUT2D eigenvalue weighted by Gasteiger charge is 2.17. The first-order valence-electron chi connectivity index (χ1n) is 16.1. The summed E-state index contributed by atoms with van der Waals surface area (Å²) in [5.41, 5.74) is 7.25. The fraction of sp³-hybridized carbons (Fsp3) is 0.237. The van der Waals surface area contributed by atoms with Crippen molar-refractivity contribution in [3.63, 3.8) is 0 Å². The van der Waals surface area contributed by atoms with Gasteiger partial charge in [0.05, 0.1) is 73.0 Å². The lowest BCUT2D eigenvalue weighted by Gasteiger charge is -2.17. The minimum absolute atomic E-state index is 0.0430. The van der Waals surface area contributed by atoms with E-state index in [1.165, 1.54) is 7.11 Å². The van der Waals surface area contributed by atoms with Crippen LogP contribution < -0.4 is 20.1 Å². The molecule has 0 saturated heterocycles. The number of carbonyl (C=O) groups excluding carboxylic acids is 2. The smallest absolute Gasteiger partial charge is 0.337 e. The van der Waals surface area contributed by atoms with Crippen molar-refractivity contribution >= 4 is 23.3 Å². The molecular weight excluding hydrogens is 620 g/mol. The normalized spacial score (nSPS) is 12.3. The van der Waals surface area contributed by atoms with Crippen LogP contribution >= 0.6 is 0 Å². The van der Waals surface area contributed by atoms with E-state index < -0.39 is 5.97 Å². The maximum absolute atomic E-state index is 13.6. The molecule has 0 spiro atoms. The van der Waals surface area contributed by atoms with Gasteiger partial charge in [-0.15, -0.1) is 0 Å². The Balaban J connectivity index is 1.24. The van der Waals surface area contributed by atoms with Crippen LogP contribution in [0.4, 0.5) is 11.4 Å². The molecule has 0 saturated carbocycles. The molecule has 0 atom stereocenters. The number of imidazole rings is 1. The minimum Gasteiger partial charge on any atom is -0.493 e. The molecule has 3 heterocycles. The number of anilines is 2. The number of rotatable bonds is 8. The fourth-order valence-corrected chi connectivity index (χ4v) is 5.69. The highest BCUT2D eigenvalue weighted by Crippen LogP contribution is 2.30. The number of aryl methyl sites for hydroxylation is 2. The Bertz CT molecular complexity index is 2030. The molecule has 11 nitrogen and oxygen atoms in total. The zero-order valence-corrected chi connectivity index (χ0v) is 27.4. The molecule has 2 aromatic heterocycles. The molecule has 6 rings (SSSR count). The van der Waals surface area contributed by atoms with Crippen molar-refractivity contribution in [2.75, 3.05) is 24.4 Å². The third-order valence-electron chi connectivity index (χ3n) is 8.31. The van der Waals surface area contributed by atoms with Crippen LogP contribution in [0.2, 0.25) is 0 Å². The second-order valence-corrected chi connectivity index (χ2v) is 11.5. The van der Waals surface area contributed by atoms with E-state index in [0.717, 1.165) is 28.9 Å². The third kappa shape index (κ3) is 7.88. The molecule has 0 fully saturated rings. The molecule has 1 aliphatic rings. The van der Waals surface area contributed by atoms with Crippen LogP contribution in [-0.4, -0.2) is 40.1 Å². The van der Waals surface area contributed by atoms with Gasteiger partial charge < -0.3 is 29.4 Å². The van der Waals surface area contributed by atoms with Gasteiger partial charge in [0.1, 0.15) is 12.4 Å². The van der Waals surface area contributed by atoms with Crippen LogP contribution in [-0.2, 0) is 42.1 Å². The van der Waals surface area contributed by atoms with Gasteiger partial charge in [0.25, 0.3) is 0 Å². The van der Waals surface area contributed by atoms with Crippen molar-refractivity contribution in [3.05, 3.63) is 119 Å². The molecule has 3 aromatic carbocycles. The highest BCUT2D eigenvalue weighted by molar-refractivity contribution is 5.98. The van der Waals surface area contributed by atoms with E-state index in [2.05, 4.69) is 21.7 Å². The number of ether oxygens (including phenoxy) is 3. The van der Waals surface area contributed by atoms with Gasteiger partial charge in [-0.05, 0) is 73.4 Å². The van der Waals surface area contributed by atoms with Crippen LogP contribution in [0.25, 0.3) is 11.3 Å². The highest BCUT2D eigenvalue weighted by atomic mass is 16.5. The SMILES string of the molecule is CCn1cncc1CNc1cc(C(=O)OC)ccc1NC(=O)Cc1ccc2cc1OCCCc1cc(C#N)ccc1COc1cccc-2n1. The number of nitrogens with one attached hydrogen (secondary N) is 2. The summed E-state index contributed by atoms with van der Waals surface area (Å²) in [4.78, 5) is 34.8. The number of benzene rings is 3. The fourth-order valence-electron chi connectivity index (χ4n) is 5.69. The number of carbonyl (C=O) groups is 2. The Morgan fingerprint density at radius 3 is 2.76 bits per heavy atom. The number of nitrogens with zero attached hydrogens (tertiary/aromatic N) is 4. The second-order valence-electron chi connectivity index (χ2n) is 11.5. The van der Waals surface area contributed by atoms with E-state index >= 15 is 0 Å². The first kappa shape index (κ1) is 32.8. The van der Waals surface area contributed by atoms with Gasteiger partial charge in [0.15, 0.2) is 0 Å². The maximum atomic E-state index is 13.6. The largest absolute Gasteiger partial charge is 0.493 e. The zero-order valence-electron chi connectivity index (χ0n) is 27.4. The summed E-state index contributed by atoms with van der Waals surface area (Å²) in [5, 5.41) is 15.8. The molecule has 11 heteroatoms. The van der Waals surface area contributed by atoms with Crippen LogP contribution in [0.1, 0.15) is 51.7 Å². The minimum atomic E-state index is -0.479. The van der Waals surface area contributed by atoms with E-state index in [9.17, 15) is 14.9 Å². The molecule has 248 valence electrons. The summed E-state index contributed by atoms with van der Waals surface area (Å²) in [6.45, 7) is 3.97. The van der Waals surface area contributed by atoms with Crippen molar-refractivity contribution in [2.24, 2.45) is 0 Å². The lowest BCUT2D eigenvalue weighted by atomic mass is 10.0. The van der Waals surface area contributed by atoms with Crippen LogP contribution in [0.3, 0.4) is 0 Å². The molecular formula is C38H36N6O5. The Kier molecular flexibility index (Phi) is 10.1. The van der Waals surface area contributed by atoms with Gasteiger partial charge in [-0.3, -0.25) is 4.79 Å². The molecule has 4 bridgehead atoms. The number of fused-ring (bicyclic) bond motifs is 6. The van der Waals surface area contributed by atoms with Gasteiger partial charge in [-0.2, -0.15) is 5.26 Å². The van der Waals surface area contributed by atoms with Gasteiger partial charge in [-0.1, -0.05) is 24.3 Å². The average Bonchev–Trinajstić information content (AvgIpc) is 3.60. The number of pyridine rings is 1. The van der Waals surface area contributed by atoms with E-state index in [1.807, 2.05) is 60.0 Å². The molecule has 49 heavy (non-hydrogen) atoms. The predicted octanol–water partition coefficient (Wildman–Crippen LogP) is 6.32. The number of amides is 1. The summed E-state index contributed by atoms with van der Waals surface area (Å²) in [6, 6.07) is 24.1. The first-order valence-corrected chi connectivity index (χ1v) is 16.1. The Hall–Kier alpha value is -6.15. The van der Waals surface area contributed by atoms with E-state index in [4.69, 9.17) is 19.2 Å². The summed E-state index contributed by atoms with van der Waals surface area (Å²) < 4.78 is 19.3. The second kappa shape index (κ2) is 15.2. The molecule has 1 amide bonds. The molecule has 0 unspecified atom stereocenters. The predicted molar refractivity (Wildman–Crippen MR) is 184 cm³/mol. The van der Waals surface area contributed by atoms with Crippen molar-refractivity contribution in [2.45, 2.75) is 45.9 Å². The number of methoxy groups -OCH3 is 1. The molecule has 2 N–H and O–H groups in total. The first-order chi connectivity index (χ1) is 23.9. The molecule has 5 aromatic rings. The Morgan fingerprint density at radius 1 is 1.02 bits per heavy atom.